The van der Waals surface area contributed by atoms with E-state index in [0.717, 1.165) is 32.3 Å². The first-order valence-electron chi connectivity index (χ1n) is 6.07. The molecule has 2 heterocycles. The quantitative estimate of drug-likeness (QED) is 0.640. The van der Waals surface area contributed by atoms with E-state index in [-0.39, 0.29) is 11.3 Å². The molecule has 0 spiro atoms. The molecule has 100 valence electrons. The predicted octanol–water partition coefficient (Wildman–Crippen LogP) is 1.70. The Kier molecular flexibility index (Phi) is 4.26. The highest BCUT2D eigenvalue weighted by molar-refractivity contribution is 5.55. The number of aromatic nitrogens is 1. The molecular formula is C12H14N4O3. The molecule has 0 saturated carbocycles. The zero-order valence-electron chi connectivity index (χ0n) is 10.3. The molecule has 0 radical (unpaired) electrons. The Balaban J connectivity index is 1.95. The topological polar surface area (TPSA) is 101 Å². The van der Waals surface area contributed by atoms with Crippen LogP contribution in [0.2, 0.25) is 0 Å². The largest absolute Gasteiger partial charge is 0.381 e. The molecule has 7 heteroatoms. The van der Waals surface area contributed by atoms with E-state index in [4.69, 9.17) is 10.00 Å². The molecule has 1 aliphatic heterocycles. The van der Waals surface area contributed by atoms with Gasteiger partial charge in [-0.2, -0.15) is 5.26 Å². The summed E-state index contributed by atoms with van der Waals surface area (Å²) in [6, 6.07) is 3.15. The van der Waals surface area contributed by atoms with Crippen molar-refractivity contribution in [2.45, 2.75) is 12.8 Å². The average molecular weight is 262 g/mol. The summed E-state index contributed by atoms with van der Waals surface area (Å²) in [6.07, 6.45) is 3.14. The van der Waals surface area contributed by atoms with Crippen LogP contribution in [0.25, 0.3) is 0 Å². The molecule has 1 aromatic rings. The van der Waals surface area contributed by atoms with Crippen LogP contribution in [-0.2, 0) is 4.74 Å². The third-order valence-corrected chi connectivity index (χ3v) is 3.07. The molecule has 0 bridgehead atoms. The number of hydrogen-bond acceptors (Lipinski definition) is 6. The van der Waals surface area contributed by atoms with Gasteiger partial charge in [0.1, 0.15) is 23.6 Å². The zero-order valence-corrected chi connectivity index (χ0v) is 10.3. The molecule has 7 nitrogen and oxygen atoms in total. The van der Waals surface area contributed by atoms with Gasteiger partial charge in [0.25, 0.3) is 5.69 Å². The fourth-order valence-corrected chi connectivity index (χ4v) is 1.99. The van der Waals surface area contributed by atoms with Crippen LogP contribution in [-0.4, -0.2) is 29.7 Å². The fourth-order valence-electron chi connectivity index (χ4n) is 1.99. The predicted molar refractivity (Wildman–Crippen MR) is 67.6 cm³/mol. The van der Waals surface area contributed by atoms with Crippen molar-refractivity contribution in [3.05, 3.63) is 27.9 Å². The van der Waals surface area contributed by atoms with Crippen LogP contribution >= 0.6 is 0 Å². The second kappa shape index (κ2) is 6.11. The molecule has 1 aromatic heterocycles. The van der Waals surface area contributed by atoms with Gasteiger partial charge in [0, 0.05) is 25.8 Å². The maximum absolute atomic E-state index is 10.6. The molecule has 19 heavy (non-hydrogen) atoms. The van der Waals surface area contributed by atoms with Gasteiger partial charge in [0.15, 0.2) is 0 Å². The van der Waals surface area contributed by atoms with E-state index >= 15 is 0 Å². The molecule has 0 aliphatic carbocycles. The molecule has 1 unspecified atom stereocenters. The number of nitrogens with one attached hydrogen (secondary N) is 1. The minimum atomic E-state index is -0.562. The molecule has 0 aromatic carbocycles. The summed E-state index contributed by atoms with van der Waals surface area (Å²) >= 11 is 0. The van der Waals surface area contributed by atoms with E-state index in [9.17, 15) is 10.1 Å². The molecular weight excluding hydrogens is 248 g/mol. The highest BCUT2D eigenvalue weighted by atomic mass is 16.6. The second-order valence-electron chi connectivity index (χ2n) is 4.40. The normalized spacial score (nSPS) is 17.9. The Hall–Kier alpha value is -2.20. The highest BCUT2D eigenvalue weighted by Gasteiger charge is 2.16. The minimum Gasteiger partial charge on any atom is -0.381 e. The van der Waals surface area contributed by atoms with Gasteiger partial charge in [0.2, 0.25) is 0 Å². The molecule has 2 rings (SSSR count). The lowest BCUT2D eigenvalue weighted by molar-refractivity contribution is -0.385. The molecule has 1 aliphatic rings. The number of anilines is 1. The van der Waals surface area contributed by atoms with Crippen molar-refractivity contribution in [2.24, 2.45) is 5.92 Å². The first-order chi connectivity index (χ1) is 9.20. The molecule has 0 amide bonds. The van der Waals surface area contributed by atoms with E-state index in [0.29, 0.717) is 18.3 Å². The van der Waals surface area contributed by atoms with Gasteiger partial charge >= 0.3 is 0 Å². The minimum absolute atomic E-state index is 0.175. The summed E-state index contributed by atoms with van der Waals surface area (Å²) < 4.78 is 5.28. The van der Waals surface area contributed by atoms with Crippen LogP contribution in [0.5, 0.6) is 0 Å². The summed E-state index contributed by atoms with van der Waals surface area (Å²) in [6.45, 7) is 2.26. The van der Waals surface area contributed by atoms with E-state index < -0.39 is 4.92 Å². The van der Waals surface area contributed by atoms with Crippen molar-refractivity contribution >= 4 is 11.5 Å². The monoisotopic (exact) mass is 262 g/mol. The van der Waals surface area contributed by atoms with Crippen molar-refractivity contribution in [1.82, 2.24) is 4.98 Å². The molecule has 1 fully saturated rings. The maximum atomic E-state index is 10.6. The standard InChI is InChI=1S/C12H14N4O3/c13-6-10-5-11(16(17)18)7-15-12(10)14-3-1-9-2-4-19-8-9/h5,7,9H,1-4,8H2,(H,14,15). The number of nitro groups is 1. The van der Waals surface area contributed by atoms with Crippen molar-refractivity contribution in [2.75, 3.05) is 25.1 Å². The smallest absolute Gasteiger partial charge is 0.289 e. The summed E-state index contributed by atoms with van der Waals surface area (Å²) in [5.74, 6) is 0.933. The van der Waals surface area contributed by atoms with Crippen LogP contribution in [0, 0.1) is 27.4 Å². The lowest BCUT2D eigenvalue weighted by Gasteiger charge is -2.09. The average Bonchev–Trinajstić information content (AvgIpc) is 2.92. The van der Waals surface area contributed by atoms with Gasteiger partial charge in [-0.3, -0.25) is 10.1 Å². The SMILES string of the molecule is N#Cc1cc([N+](=O)[O-])cnc1NCCC1CCOC1. The van der Waals surface area contributed by atoms with Gasteiger partial charge in [0.05, 0.1) is 4.92 Å². The van der Waals surface area contributed by atoms with Crippen LogP contribution in [0.15, 0.2) is 12.3 Å². The van der Waals surface area contributed by atoms with E-state index in [1.54, 1.807) is 0 Å². The van der Waals surface area contributed by atoms with Gasteiger partial charge in [-0.05, 0) is 18.8 Å². The van der Waals surface area contributed by atoms with E-state index in [1.807, 2.05) is 6.07 Å². The van der Waals surface area contributed by atoms with Crippen molar-refractivity contribution in [1.29, 1.82) is 5.26 Å². The van der Waals surface area contributed by atoms with E-state index in [2.05, 4.69) is 10.3 Å². The van der Waals surface area contributed by atoms with Gasteiger partial charge in [-0.1, -0.05) is 0 Å². The zero-order chi connectivity index (χ0) is 13.7. The number of pyridine rings is 1. The maximum Gasteiger partial charge on any atom is 0.289 e. The third kappa shape index (κ3) is 3.39. The van der Waals surface area contributed by atoms with E-state index in [1.165, 1.54) is 6.07 Å². The van der Waals surface area contributed by atoms with Crippen molar-refractivity contribution in [3.63, 3.8) is 0 Å². The Morgan fingerprint density at radius 2 is 2.53 bits per heavy atom. The Bertz CT molecular complexity index is 506. The first kappa shape index (κ1) is 13.2. The lowest BCUT2D eigenvalue weighted by Crippen LogP contribution is -2.11. The van der Waals surface area contributed by atoms with Crippen molar-refractivity contribution in [3.8, 4) is 6.07 Å². The number of nitrogens with zero attached hydrogens (tertiary/aromatic N) is 3. The number of rotatable bonds is 5. The van der Waals surface area contributed by atoms with Crippen LogP contribution in [0.1, 0.15) is 18.4 Å². The molecule has 1 atom stereocenters. The van der Waals surface area contributed by atoms with Crippen LogP contribution in [0.3, 0.4) is 0 Å². The van der Waals surface area contributed by atoms with Gasteiger partial charge in [-0.25, -0.2) is 4.98 Å². The number of hydrogen-bond donors (Lipinski definition) is 1. The molecule has 1 N–H and O–H groups in total. The number of nitriles is 1. The highest BCUT2D eigenvalue weighted by Crippen LogP contribution is 2.20. The Morgan fingerprint density at radius 3 is 3.16 bits per heavy atom. The molecule has 1 saturated heterocycles. The Labute approximate surface area is 110 Å². The van der Waals surface area contributed by atoms with Crippen LogP contribution < -0.4 is 5.32 Å². The summed E-state index contributed by atoms with van der Waals surface area (Å²) in [7, 11) is 0. The van der Waals surface area contributed by atoms with Gasteiger partial charge in [-0.15, -0.1) is 0 Å². The number of ether oxygens (including phenoxy) is 1. The van der Waals surface area contributed by atoms with Crippen LogP contribution in [0.4, 0.5) is 11.5 Å². The lowest BCUT2D eigenvalue weighted by atomic mass is 10.1. The second-order valence-corrected chi connectivity index (χ2v) is 4.40. The fraction of sp³-hybridized carbons (Fsp3) is 0.500. The van der Waals surface area contributed by atoms with Gasteiger partial charge < -0.3 is 10.1 Å². The Morgan fingerprint density at radius 1 is 1.68 bits per heavy atom. The third-order valence-electron chi connectivity index (χ3n) is 3.07. The summed E-state index contributed by atoms with van der Waals surface area (Å²) in [5, 5.41) is 22.6. The van der Waals surface area contributed by atoms with Crippen molar-refractivity contribution < 1.29 is 9.66 Å². The summed E-state index contributed by atoms with van der Waals surface area (Å²) in [4.78, 5) is 14.0. The first-order valence-corrected chi connectivity index (χ1v) is 6.07. The summed E-state index contributed by atoms with van der Waals surface area (Å²) in [5.41, 5.74) is 0.0168.